The molecule has 1 N–H and O–H groups in total. The maximum atomic E-state index is 13.8. The number of nitrogens with one attached hydrogen (secondary N) is 1. The van der Waals surface area contributed by atoms with Gasteiger partial charge in [-0.1, -0.05) is 20.8 Å². The second-order valence-corrected chi connectivity index (χ2v) is 10.9. The molecule has 2 aromatic heterocycles. The van der Waals surface area contributed by atoms with Gasteiger partial charge in [0.25, 0.3) is 5.91 Å². The van der Waals surface area contributed by atoms with Gasteiger partial charge in [-0.3, -0.25) is 4.79 Å². The molecule has 11 heteroatoms. The third-order valence-corrected chi connectivity index (χ3v) is 7.59. The van der Waals surface area contributed by atoms with Crippen molar-refractivity contribution >= 4 is 28.2 Å². The van der Waals surface area contributed by atoms with Crippen LogP contribution in [0.15, 0.2) is 22.6 Å². The minimum absolute atomic E-state index is 0.0275. The molecule has 37 heavy (non-hydrogen) atoms. The van der Waals surface area contributed by atoms with E-state index >= 15 is 0 Å². The van der Waals surface area contributed by atoms with Crippen LogP contribution in [-0.2, 0) is 24.2 Å². The van der Waals surface area contributed by atoms with Crippen LogP contribution in [0, 0.1) is 34.6 Å². The zero-order chi connectivity index (χ0) is 27.1. The first-order chi connectivity index (χ1) is 17.4. The molecule has 1 aliphatic carbocycles. The number of benzene rings is 1. The summed E-state index contributed by atoms with van der Waals surface area (Å²) in [7, 11) is 1.27. The summed E-state index contributed by atoms with van der Waals surface area (Å²) in [5, 5.41) is 3.04. The van der Waals surface area contributed by atoms with E-state index in [1.807, 2.05) is 0 Å². The highest BCUT2D eigenvalue weighted by atomic mass is 32.1. The molecule has 0 radical (unpaired) electrons. The molecular formula is C26H25F4NO5S. The zero-order valence-electron chi connectivity index (χ0n) is 20.6. The van der Waals surface area contributed by atoms with Gasteiger partial charge in [0.05, 0.1) is 12.7 Å². The summed E-state index contributed by atoms with van der Waals surface area (Å²) in [4.78, 5) is 26.5. The summed E-state index contributed by atoms with van der Waals surface area (Å²) in [6, 6.07) is 2.68. The van der Waals surface area contributed by atoms with E-state index in [0.29, 0.717) is 22.9 Å². The number of hydrogen-bond donors (Lipinski definition) is 1. The van der Waals surface area contributed by atoms with E-state index in [1.54, 1.807) is 0 Å². The van der Waals surface area contributed by atoms with Crippen molar-refractivity contribution in [1.29, 1.82) is 0 Å². The molecule has 0 spiro atoms. The molecule has 1 aromatic carbocycles. The minimum Gasteiger partial charge on any atom is -0.479 e. The number of furan rings is 1. The van der Waals surface area contributed by atoms with Crippen LogP contribution in [0.4, 0.5) is 22.6 Å². The Morgan fingerprint density at radius 3 is 2.43 bits per heavy atom. The van der Waals surface area contributed by atoms with Crippen LogP contribution >= 0.6 is 11.3 Å². The average Bonchev–Trinajstić information content (AvgIpc) is 3.46. The van der Waals surface area contributed by atoms with Crippen molar-refractivity contribution in [3.05, 3.63) is 69.0 Å². The first-order valence-electron chi connectivity index (χ1n) is 11.5. The average molecular weight is 540 g/mol. The maximum Gasteiger partial charge on any atom is 0.341 e. The Kier molecular flexibility index (Phi) is 7.36. The summed E-state index contributed by atoms with van der Waals surface area (Å²) in [6.07, 6.45) is 2.37. The standard InChI is InChI=1S/C26H25F4NO5S/c1-26(2,3)12-5-7-14-18(9-12)37-24(19(14)25(33)34-4)31-23(32)17-8-6-13(36-17)11-35-22-20(29)15(27)10-16(28)21(22)30/h6,8,10,12H,5,7,9,11H2,1-4H3,(H,31,32). The van der Waals surface area contributed by atoms with Crippen molar-refractivity contribution in [3.63, 3.8) is 0 Å². The predicted molar refractivity (Wildman–Crippen MR) is 128 cm³/mol. The van der Waals surface area contributed by atoms with Gasteiger partial charge in [0, 0.05) is 10.9 Å². The van der Waals surface area contributed by atoms with Gasteiger partial charge in [-0.25, -0.2) is 13.6 Å². The van der Waals surface area contributed by atoms with Crippen molar-refractivity contribution in [2.45, 2.75) is 46.6 Å². The van der Waals surface area contributed by atoms with Crippen LogP contribution < -0.4 is 10.1 Å². The SMILES string of the molecule is COC(=O)c1c(NC(=O)c2ccc(COc3c(F)c(F)cc(F)c3F)o2)sc2c1CCC(C(C)(C)C)C2. The molecule has 198 valence electrons. The Hall–Kier alpha value is -3.34. The van der Waals surface area contributed by atoms with Crippen molar-refractivity contribution < 1.29 is 41.0 Å². The van der Waals surface area contributed by atoms with Gasteiger partial charge >= 0.3 is 5.97 Å². The highest BCUT2D eigenvalue weighted by Gasteiger charge is 2.34. The number of hydrogen-bond acceptors (Lipinski definition) is 6. The fourth-order valence-corrected chi connectivity index (χ4v) is 5.61. The van der Waals surface area contributed by atoms with Crippen molar-refractivity contribution in [2.75, 3.05) is 12.4 Å². The van der Waals surface area contributed by atoms with Crippen molar-refractivity contribution in [2.24, 2.45) is 11.3 Å². The summed E-state index contributed by atoms with van der Waals surface area (Å²) in [6.45, 7) is 5.92. The van der Waals surface area contributed by atoms with Crippen LogP contribution in [0.3, 0.4) is 0 Å². The summed E-state index contributed by atoms with van der Waals surface area (Å²) < 4.78 is 69.6. The monoisotopic (exact) mass is 539 g/mol. The Morgan fingerprint density at radius 2 is 1.81 bits per heavy atom. The lowest BCUT2D eigenvalue weighted by molar-refractivity contribution is 0.0600. The number of carbonyl (C=O) groups excluding carboxylic acids is 2. The normalized spacial score (nSPS) is 15.3. The number of esters is 1. The van der Waals surface area contributed by atoms with Gasteiger partial charge in [0.15, 0.2) is 23.1 Å². The van der Waals surface area contributed by atoms with E-state index in [2.05, 4.69) is 26.1 Å². The number of amides is 1. The summed E-state index contributed by atoms with van der Waals surface area (Å²) >= 11 is 1.32. The molecule has 0 saturated heterocycles. The largest absolute Gasteiger partial charge is 0.479 e. The van der Waals surface area contributed by atoms with Gasteiger partial charge < -0.3 is 19.2 Å². The Labute approximate surface area is 214 Å². The number of carbonyl (C=O) groups is 2. The van der Waals surface area contributed by atoms with E-state index in [9.17, 15) is 27.2 Å². The summed E-state index contributed by atoms with van der Waals surface area (Å²) in [5.41, 5.74) is 1.27. The topological polar surface area (TPSA) is 77.8 Å². The third kappa shape index (κ3) is 5.36. The molecule has 0 aliphatic heterocycles. The first-order valence-corrected chi connectivity index (χ1v) is 12.3. The van der Waals surface area contributed by atoms with Crippen LogP contribution in [0.5, 0.6) is 5.75 Å². The molecule has 1 atom stereocenters. The molecule has 1 unspecified atom stereocenters. The molecule has 4 rings (SSSR count). The molecule has 0 saturated carbocycles. The number of fused-ring (bicyclic) bond motifs is 1. The van der Waals surface area contributed by atoms with Crippen LogP contribution in [0.25, 0.3) is 0 Å². The molecule has 3 aromatic rings. The molecule has 1 amide bonds. The lowest BCUT2D eigenvalue weighted by Crippen LogP contribution is -2.26. The number of halogens is 4. The summed E-state index contributed by atoms with van der Waals surface area (Å²) in [5.74, 6) is -8.83. The van der Waals surface area contributed by atoms with Crippen LogP contribution in [0.1, 0.15) is 64.3 Å². The minimum atomic E-state index is -1.69. The molecule has 0 bridgehead atoms. The lowest BCUT2D eigenvalue weighted by atomic mass is 9.72. The number of anilines is 1. The van der Waals surface area contributed by atoms with E-state index in [4.69, 9.17) is 13.9 Å². The highest BCUT2D eigenvalue weighted by molar-refractivity contribution is 7.17. The van der Waals surface area contributed by atoms with Gasteiger partial charge in [-0.05, 0) is 48.3 Å². The second kappa shape index (κ2) is 10.2. The quantitative estimate of drug-likeness (QED) is 0.215. The molecule has 1 aliphatic rings. The van der Waals surface area contributed by atoms with Gasteiger partial charge in [-0.15, -0.1) is 11.3 Å². The lowest BCUT2D eigenvalue weighted by Gasteiger charge is -2.33. The number of methoxy groups -OCH3 is 1. The predicted octanol–water partition coefficient (Wildman–Crippen LogP) is 6.67. The third-order valence-electron chi connectivity index (χ3n) is 6.42. The number of thiophene rings is 1. The van der Waals surface area contributed by atoms with E-state index in [1.165, 1.54) is 30.6 Å². The fourth-order valence-electron chi connectivity index (χ4n) is 4.29. The molecule has 6 nitrogen and oxygen atoms in total. The van der Waals surface area contributed by atoms with Gasteiger partial charge in [-0.2, -0.15) is 8.78 Å². The smallest absolute Gasteiger partial charge is 0.341 e. The molecular weight excluding hydrogens is 514 g/mol. The fraction of sp³-hybridized carbons (Fsp3) is 0.385. The Balaban J connectivity index is 1.51. The van der Waals surface area contributed by atoms with Gasteiger partial charge in [0.1, 0.15) is 17.4 Å². The Morgan fingerprint density at radius 1 is 1.14 bits per heavy atom. The molecule has 2 heterocycles. The highest BCUT2D eigenvalue weighted by Crippen LogP contribution is 2.44. The van der Waals surface area contributed by atoms with Crippen molar-refractivity contribution in [1.82, 2.24) is 0 Å². The van der Waals surface area contributed by atoms with E-state index < -0.39 is 47.5 Å². The Bertz CT molecular complexity index is 1330. The van der Waals surface area contributed by atoms with E-state index in [-0.39, 0.29) is 23.0 Å². The van der Waals surface area contributed by atoms with Crippen LogP contribution in [0.2, 0.25) is 0 Å². The van der Waals surface area contributed by atoms with Crippen molar-refractivity contribution in [3.8, 4) is 5.75 Å². The zero-order valence-corrected chi connectivity index (χ0v) is 21.4. The molecule has 0 fully saturated rings. The van der Waals surface area contributed by atoms with Gasteiger partial charge in [0.2, 0.25) is 11.6 Å². The first kappa shape index (κ1) is 26.7. The maximum absolute atomic E-state index is 13.8. The second-order valence-electron chi connectivity index (χ2n) is 9.81. The number of rotatable bonds is 6. The van der Waals surface area contributed by atoms with Crippen LogP contribution in [-0.4, -0.2) is 19.0 Å². The number of ether oxygens (including phenoxy) is 2. The van der Waals surface area contributed by atoms with E-state index in [0.717, 1.165) is 23.3 Å².